The third-order valence-electron chi connectivity index (χ3n) is 3.03. The van der Waals surface area contributed by atoms with E-state index < -0.39 is 0 Å². The molecule has 0 aromatic heterocycles. The Labute approximate surface area is 91.2 Å². The minimum absolute atomic E-state index is 0.146. The average Bonchev–Trinajstić information content (AvgIpc) is 2.15. The highest BCUT2D eigenvalue weighted by Crippen LogP contribution is 2.24. The van der Waals surface area contributed by atoms with Crippen molar-refractivity contribution in [3.63, 3.8) is 0 Å². The van der Waals surface area contributed by atoms with Gasteiger partial charge in [-0.3, -0.25) is 9.69 Å². The van der Waals surface area contributed by atoms with Crippen molar-refractivity contribution in [1.29, 1.82) is 0 Å². The Morgan fingerprint density at radius 3 is 2.67 bits per heavy atom. The van der Waals surface area contributed by atoms with Crippen LogP contribution in [-0.2, 0) is 9.53 Å². The second kappa shape index (κ2) is 6.80. The van der Waals surface area contributed by atoms with Crippen LogP contribution in [0.2, 0.25) is 0 Å². The first-order valence-corrected chi connectivity index (χ1v) is 5.69. The zero-order chi connectivity index (χ0) is 11.1. The van der Waals surface area contributed by atoms with Crippen LogP contribution in [0.15, 0.2) is 0 Å². The summed E-state index contributed by atoms with van der Waals surface area (Å²) in [6.45, 7) is 1.82. The minimum atomic E-state index is -0.146. The molecule has 0 amide bonds. The molecule has 0 bridgehead atoms. The molecule has 0 atom stereocenters. The van der Waals surface area contributed by atoms with Crippen molar-refractivity contribution in [3.8, 4) is 0 Å². The molecule has 0 aliphatic heterocycles. The van der Waals surface area contributed by atoms with E-state index in [1.807, 2.05) is 0 Å². The summed E-state index contributed by atoms with van der Waals surface area (Å²) < 4.78 is 4.59. The van der Waals surface area contributed by atoms with Gasteiger partial charge in [0.2, 0.25) is 0 Å². The molecule has 0 unspecified atom stereocenters. The van der Waals surface area contributed by atoms with Crippen molar-refractivity contribution in [1.82, 2.24) is 4.90 Å². The maximum absolute atomic E-state index is 10.9. The van der Waals surface area contributed by atoms with E-state index in [0.717, 1.165) is 19.5 Å². The number of methoxy groups -OCH3 is 1. The molecule has 88 valence electrons. The molecule has 1 N–H and O–H groups in total. The van der Waals surface area contributed by atoms with E-state index in [0.29, 0.717) is 12.5 Å². The summed E-state index contributed by atoms with van der Waals surface area (Å²) in [5.41, 5.74) is 0. The van der Waals surface area contributed by atoms with Crippen molar-refractivity contribution in [2.75, 3.05) is 26.8 Å². The average molecular weight is 215 g/mol. The second-order valence-electron chi connectivity index (χ2n) is 4.02. The van der Waals surface area contributed by atoms with Crippen LogP contribution in [0.25, 0.3) is 0 Å². The van der Waals surface area contributed by atoms with Gasteiger partial charge >= 0.3 is 5.97 Å². The highest BCUT2D eigenvalue weighted by Gasteiger charge is 2.23. The number of hydrogen-bond acceptors (Lipinski definition) is 4. The predicted octanol–water partition coefficient (Wildman–Crippen LogP) is 0.786. The highest BCUT2D eigenvalue weighted by molar-refractivity contribution is 5.69. The van der Waals surface area contributed by atoms with Crippen molar-refractivity contribution in [2.24, 2.45) is 0 Å². The van der Waals surface area contributed by atoms with Crippen molar-refractivity contribution in [2.45, 2.75) is 38.1 Å². The summed E-state index contributed by atoms with van der Waals surface area (Å²) in [6.07, 6.45) is 5.06. The molecule has 0 spiro atoms. The molecule has 1 saturated carbocycles. The number of aliphatic hydroxyl groups excluding tert-OH is 1. The van der Waals surface area contributed by atoms with Crippen LogP contribution in [0.1, 0.15) is 32.1 Å². The number of carbonyl (C=O) groups excluding carboxylic acids is 1. The van der Waals surface area contributed by atoms with E-state index in [1.165, 1.54) is 26.4 Å². The fourth-order valence-electron chi connectivity index (χ4n) is 1.89. The van der Waals surface area contributed by atoms with E-state index in [2.05, 4.69) is 9.64 Å². The molecule has 0 radical (unpaired) electrons. The Kier molecular flexibility index (Phi) is 5.65. The van der Waals surface area contributed by atoms with E-state index in [4.69, 9.17) is 5.11 Å². The molecule has 0 aromatic rings. The van der Waals surface area contributed by atoms with Crippen LogP contribution in [0.3, 0.4) is 0 Å². The molecule has 1 fully saturated rings. The van der Waals surface area contributed by atoms with E-state index in [-0.39, 0.29) is 12.6 Å². The first kappa shape index (κ1) is 12.5. The van der Waals surface area contributed by atoms with Gasteiger partial charge in [-0.05, 0) is 25.8 Å². The summed E-state index contributed by atoms with van der Waals surface area (Å²) in [5, 5.41) is 8.93. The Morgan fingerprint density at radius 1 is 1.47 bits per heavy atom. The lowest BCUT2D eigenvalue weighted by atomic mass is 9.91. The summed E-state index contributed by atoms with van der Waals surface area (Å²) >= 11 is 0. The molecule has 1 aliphatic rings. The zero-order valence-electron chi connectivity index (χ0n) is 9.45. The van der Waals surface area contributed by atoms with Gasteiger partial charge in [0.25, 0.3) is 0 Å². The van der Waals surface area contributed by atoms with E-state index >= 15 is 0 Å². The number of carbonyl (C=O) groups is 1. The van der Waals surface area contributed by atoms with Crippen LogP contribution in [0.4, 0.5) is 0 Å². The van der Waals surface area contributed by atoms with Gasteiger partial charge in [0.05, 0.1) is 13.7 Å². The summed E-state index contributed by atoms with van der Waals surface area (Å²) in [4.78, 5) is 13.2. The second-order valence-corrected chi connectivity index (χ2v) is 4.02. The first-order valence-electron chi connectivity index (χ1n) is 5.69. The molecular weight excluding hydrogens is 194 g/mol. The lowest BCUT2D eigenvalue weighted by Crippen LogP contribution is -2.42. The van der Waals surface area contributed by atoms with Crippen LogP contribution in [0.5, 0.6) is 0 Å². The topological polar surface area (TPSA) is 49.8 Å². The summed E-state index contributed by atoms with van der Waals surface area (Å²) in [7, 11) is 1.42. The van der Waals surface area contributed by atoms with Crippen LogP contribution in [-0.4, -0.2) is 48.8 Å². The molecule has 1 rings (SSSR count). The third kappa shape index (κ3) is 4.18. The SMILES string of the molecule is COC(=O)CCCN(CCO)C1CCC1. The Hall–Kier alpha value is -0.610. The van der Waals surface area contributed by atoms with Gasteiger partial charge in [-0.1, -0.05) is 6.42 Å². The number of nitrogens with zero attached hydrogens (tertiary/aromatic N) is 1. The number of rotatable bonds is 7. The van der Waals surface area contributed by atoms with E-state index in [9.17, 15) is 4.79 Å². The van der Waals surface area contributed by atoms with Gasteiger partial charge < -0.3 is 9.84 Å². The van der Waals surface area contributed by atoms with Crippen LogP contribution >= 0.6 is 0 Å². The normalized spacial score (nSPS) is 16.5. The quantitative estimate of drug-likeness (QED) is 0.638. The molecule has 4 nitrogen and oxygen atoms in total. The van der Waals surface area contributed by atoms with Gasteiger partial charge in [0.1, 0.15) is 0 Å². The Bertz CT molecular complexity index is 192. The maximum Gasteiger partial charge on any atom is 0.305 e. The smallest absolute Gasteiger partial charge is 0.305 e. The third-order valence-corrected chi connectivity index (χ3v) is 3.03. The van der Waals surface area contributed by atoms with Crippen molar-refractivity contribution in [3.05, 3.63) is 0 Å². The number of esters is 1. The standard InChI is InChI=1S/C11H21NO3/c1-15-11(14)6-3-7-12(8-9-13)10-4-2-5-10/h10,13H,2-9H2,1H3. The highest BCUT2D eigenvalue weighted by atomic mass is 16.5. The van der Waals surface area contributed by atoms with Crippen LogP contribution in [0, 0.1) is 0 Å². The summed E-state index contributed by atoms with van der Waals surface area (Å²) in [6, 6.07) is 0.634. The van der Waals surface area contributed by atoms with Crippen molar-refractivity contribution >= 4 is 5.97 Å². The van der Waals surface area contributed by atoms with Crippen LogP contribution < -0.4 is 0 Å². The molecule has 1 aliphatic carbocycles. The molecule has 4 heteroatoms. The molecule has 0 heterocycles. The molecule has 0 aromatic carbocycles. The predicted molar refractivity (Wildman–Crippen MR) is 57.5 cm³/mol. The van der Waals surface area contributed by atoms with Gasteiger partial charge in [0, 0.05) is 19.0 Å². The summed E-state index contributed by atoms with van der Waals surface area (Å²) in [5.74, 6) is -0.146. The van der Waals surface area contributed by atoms with Gasteiger partial charge in [-0.25, -0.2) is 0 Å². The number of aliphatic hydroxyl groups is 1. The van der Waals surface area contributed by atoms with Gasteiger partial charge in [-0.2, -0.15) is 0 Å². The van der Waals surface area contributed by atoms with E-state index in [1.54, 1.807) is 0 Å². The first-order chi connectivity index (χ1) is 7.27. The van der Waals surface area contributed by atoms with Gasteiger partial charge in [0.15, 0.2) is 0 Å². The largest absolute Gasteiger partial charge is 0.469 e. The Morgan fingerprint density at radius 2 is 2.20 bits per heavy atom. The lowest BCUT2D eigenvalue weighted by Gasteiger charge is -2.37. The molecule has 0 saturated heterocycles. The lowest BCUT2D eigenvalue weighted by molar-refractivity contribution is -0.140. The fraction of sp³-hybridized carbons (Fsp3) is 0.909. The minimum Gasteiger partial charge on any atom is -0.469 e. The molecule has 15 heavy (non-hydrogen) atoms. The molecular formula is C11H21NO3. The Balaban J connectivity index is 2.16. The zero-order valence-corrected chi connectivity index (χ0v) is 9.45. The van der Waals surface area contributed by atoms with Gasteiger partial charge in [-0.15, -0.1) is 0 Å². The monoisotopic (exact) mass is 215 g/mol. The number of ether oxygens (including phenoxy) is 1. The number of hydrogen-bond donors (Lipinski definition) is 1. The fourth-order valence-corrected chi connectivity index (χ4v) is 1.89. The maximum atomic E-state index is 10.9. The van der Waals surface area contributed by atoms with Crippen molar-refractivity contribution < 1.29 is 14.6 Å².